The van der Waals surface area contributed by atoms with E-state index in [1.165, 1.54) is 0 Å². The Hall–Kier alpha value is -2.86. The van der Waals surface area contributed by atoms with E-state index in [1.54, 1.807) is 11.0 Å². The molecule has 7 heteroatoms. The standard InChI is InChI=1S/C24H25ClN2O4/c25-20-14-17(6-5-16(20)7-10-23(29)30)18(11-13-27-12-1-2-22(27)28)21-9-8-19(15-3-4-15)24(31)26-21/h5-6,8-9,11,14-15H,1-4,7,10,12-13H2,(H,26,31)(H,29,30)/b18-11+. The van der Waals surface area contributed by atoms with Gasteiger partial charge in [-0.15, -0.1) is 0 Å². The molecule has 1 saturated carbocycles. The molecule has 2 fully saturated rings. The molecule has 2 aliphatic rings. The Morgan fingerprint density at radius 1 is 1.23 bits per heavy atom. The number of carbonyl (C=O) groups is 2. The van der Waals surface area contributed by atoms with Crippen molar-refractivity contribution < 1.29 is 14.7 Å². The highest BCUT2D eigenvalue weighted by molar-refractivity contribution is 6.31. The minimum absolute atomic E-state index is 0.00871. The number of H-pyrrole nitrogens is 1. The number of benzene rings is 1. The number of halogens is 1. The van der Waals surface area contributed by atoms with Crippen LogP contribution in [0.5, 0.6) is 0 Å². The van der Waals surface area contributed by atoms with E-state index >= 15 is 0 Å². The highest BCUT2D eigenvalue weighted by Gasteiger charge is 2.26. The highest BCUT2D eigenvalue weighted by Crippen LogP contribution is 2.38. The second-order valence-corrected chi connectivity index (χ2v) is 8.60. The number of hydrogen-bond acceptors (Lipinski definition) is 3. The molecular weight excluding hydrogens is 416 g/mol. The van der Waals surface area contributed by atoms with Gasteiger partial charge >= 0.3 is 5.97 Å². The summed E-state index contributed by atoms with van der Waals surface area (Å²) in [7, 11) is 0. The molecule has 1 aliphatic carbocycles. The van der Waals surface area contributed by atoms with Crippen molar-refractivity contribution in [2.45, 2.75) is 44.4 Å². The molecule has 0 unspecified atom stereocenters. The lowest BCUT2D eigenvalue weighted by atomic mass is 9.98. The van der Waals surface area contributed by atoms with Crippen molar-refractivity contribution in [2.75, 3.05) is 13.1 Å². The maximum atomic E-state index is 12.6. The summed E-state index contributed by atoms with van der Waals surface area (Å²) in [5, 5.41) is 9.41. The number of pyridine rings is 1. The Morgan fingerprint density at radius 2 is 2.03 bits per heavy atom. The van der Waals surface area contributed by atoms with E-state index in [0.29, 0.717) is 36.0 Å². The molecular formula is C24H25ClN2O4. The number of nitrogens with one attached hydrogen (secondary N) is 1. The monoisotopic (exact) mass is 440 g/mol. The number of rotatable bonds is 8. The number of hydrogen-bond donors (Lipinski definition) is 2. The fraction of sp³-hybridized carbons (Fsp3) is 0.375. The molecule has 162 valence electrons. The lowest BCUT2D eigenvalue weighted by molar-refractivity contribution is -0.137. The highest BCUT2D eigenvalue weighted by atomic mass is 35.5. The number of carbonyl (C=O) groups excluding carboxylic acids is 1. The Morgan fingerprint density at radius 3 is 2.65 bits per heavy atom. The SMILES string of the molecule is O=C(O)CCc1ccc(/C(=C\CN2CCCC2=O)c2ccc(C3CC3)c(=O)[nH]2)cc1Cl. The molecule has 0 atom stereocenters. The van der Waals surface area contributed by atoms with Crippen molar-refractivity contribution in [2.24, 2.45) is 0 Å². The number of aliphatic carboxylic acids is 1. The lowest BCUT2D eigenvalue weighted by Gasteiger charge is -2.16. The third kappa shape index (κ3) is 5.07. The fourth-order valence-electron chi connectivity index (χ4n) is 4.00. The molecule has 1 amide bonds. The largest absolute Gasteiger partial charge is 0.481 e. The zero-order valence-electron chi connectivity index (χ0n) is 17.2. The van der Waals surface area contributed by atoms with Gasteiger partial charge in [-0.1, -0.05) is 35.9 Å². The molecule has 2 N–H and O–H groups in total. The van der Waals surface area contributed by atoms with E-state index in [-0.39, 0.29) is 17.9 Å². The molecule has 1 aliphatic heterocycles. The van der Waals surface area contributed by atoms with Gasteiger partial charge in [-0.25, -0.2) is 0 Å². The Bertz CT molecular complexity index is 1100. The average molecular weight is 441 g/mol. The minimum Gasteiger partial charge on any atom is -0.481 e. The predicted molar refractivity (Wildman–Crippen MR) is 119 cm³/mol. The van der Waals surface area contributed by atoms with Crippen molar-refractivity contribution in [1.29, 1.82) is 0 Å². The summed E-state index contributed by atoms with van der Waals surface area (Å²) < 4.78 is 0. The normalized spacial score (nSPS) is 16.7. The molecule has 31 heavy (non-hydrogen) atoms. The first-order chi connectivity index (χ1) is 14.9. The van der Waals surface area contributed by atoms with Crippen LogP contribution in [0.15, 0.2) is 41.2 Å². The van der Waals surface area contributed by atoms with Crippen molar-refractivity contribution in [3.05, 3.63) is 74.2 Å². The number of aromatic nitrogens is 1. The van der Waals surface area contributed by atoms with E-state index in [1.807, 2.05) is 30.3 Å². The number of carboxylic acid groups (broad SMARTS) is 1. The molecule has 1 saturated heterocycles. The molecule has 2 heterocycles. The molecule has 0 spiro atoms. The molecule has 0 radical (unpaired) electrons. The number of aryl methyl sites for hydroxylation is 1. The second-order valence-electron chi connectivity index (χ2n) is 8.19. The van der Waals surface area contributed by atoms with Gasteiger partial charge in [0.2, 0.25) is 5.91 Å². The van der Waals surface area contributed by atoms with Crippen molar-refractivity contribution >= 4 is 29.1 Å². The lowest BCUT2D eigenvalue weighted by Crippen LogP contribution is -2.24. The van der Waals surface area contributed by atoms with E-state index < -0.39 is 5.97 Å². The molecule has 0 bridgehead atoms. The topological polar surface area (TPSA) is 90.5 Å². The van der Waals surface area contributed by atoms with Gasteiger partial charge in [0.1, 0.15) is 0 Å². The van der Waals surface area contributed by atoms with Crippen LogP contribution in [0.1, 0.15) is 60.4 Å². The Labute approximate surface area is 185 Å². The van der Waals surface area contributed by atoms with Crippen LogP contribution in [-0.4, -0.2) is 40.0 Å². The van der Waals surface area contributed by atoms with Gasteiger partial charge in [0.25, 0.3) is 5.56 Å². The van der Waals surface area contributed by atoms with E-state index in [4.69, 9.17) is 16.7 Å². The van der Waals surface area contributed by atoms with Gasteiger partial charge in [-0.05, 0) is 54.9 Å². The van der Waals surface area contributed by atoms with Crippen LogP contribution in [-0.2, 0) is 16.0 Å². The molecule has 1 aromatic heterocycles. The second kappa shape index (κ2) is 9.10. The summed E-state index contributed by atoms with van der Waals surface area (Å²) in [6.45, 7) is 1.19. The summed E-state index contributed by atoms with van der Waals surface area (Å²) in [6.07, 6.45) is 5.84. The smallest absolute Gasteiger partial charge is 0.303 e. The molecule has 4 rings (SSSR count). The van der Waals surface area contributed by atoms with Gasteiger partial charge in [0.05, 0.1) is 0 Å². The Kier molecular flexibility index (Phi) is 6.28. The molecule has 2 aromatic rings. The van der Waals surface area contributed by atoms with Gasteiger partial charge in [0, 0.05) is 47.8 Å². The van der Waals surface area contributed by atoms with E-state index in [2.05, 4.69) is 4.98 Å². The van der Waals surface area contributed by atoms with Crippen molar-refractivity contribution in [1.82, 2.24) is 9.88 Å². The molecule has 6 nitrogen and oxygen atoms in total. The quantitative estimate of drug-likeness (QED) is 0.649. The summed E-state index contributed by atoms with van der Waals surface area (Å²) in [5.74, 6) is -0.380. The zero-order valence-corrected chi connectivity index (χ0v) is 18.0. The number of nitrogens with zero attached hydrogens (tertiary/aromatic N) is 1. The van der Waals surface area contributed by atoms with Gasteiger partial charge in [0.15, 0.2) is 0 Å². The van der Waals surface area contributed by atoms with Gasteiger partial charge in [-0.2, -0.15) is 0 Å². The first kappa shape index (κ1) is 21.4. The van der Waals surface area contributed by atoms with Crippen LogP contribution in [0.3, 0.4) is 0 Å². The summed E-state index contributed by atoms with van der Waals surface area (Å²) in [5.41, 5.74) is 3.79. The Balaban J connectivity index is 1.67. The third-order valence-corrected chi connectivity index (χ3v) is 6.26. The van der Waals surface area contributed by atoms with E-state index in [0.717, 1.165) is 48.1 Å². The summed E-state index contributed by atoms with van der Waals surface area (Å²) in [6, 6.07) is 9.31. The van der Waals surface area contributed by atoms with E-state index in [9.17, 15) is 14.4 Å². The molecule has 1 aromatic carbocycles. The number of carboxylic acids is 1. The third-order valence-electron chi connectivity index (χ3n) is 5.91. The van der Waals surface area contributed by atoms with Crippen LogP contribution in [0.2, 0.25) is 5.02 Å². The van der Waals surface area contributed by atoms with Crippen LogP contribution < -0.4 is 5.56 Å². The van der Waals surface area contributed by atoms with Crippen LogP contribution in [0, 0.1) is 0 Å². The maximum Gasteiger partial charge on any atom is 0.303 e. The first-order valence-corrected chi connectivity index (χ1v) is 11.0. The summed E-state index contributed by atoms with van der Waals surface area (Å²) >= 11 is 6.44. The van der Waals surface area contributed by atoms with Crippen molar-refractivity contribution in [3.63, 3.8) is 0 Å². The van der Waals surface area contributed by atoms with Crippen LogP contribution >= 0.6 is 11.6 Å². The van der Waals surface area contributed by atoms with Crippen molar-refractivity contribution in [3.8, 4) is 0 Å². The zero-order chi connectivity index (χ0) is 22.0. The van der Waals surface area contributed by atoms with Crippen LogP contribution in [0.25, 0.3) is 5.57 Å². The number of aromatic amines is 1. The predicted octanol–water partition coefficient (Wildman–Crippen LogP) is 3.98. The minimum atomic E-state index is -0.871. The fourth-order valence-corrected chi connectivity index (χ4v) is 4.27. The summed E-state index contributed by atoms with van der Waals surface area (Å²) in [4.78, 5) is 40.3. The van der Waals surface area contributed by atoms with Crippen LogP contribution in [0.4, 0.5) is 0 Å². The van der Waals surface area contributed by atoms with Gasteiger partial charge in [-0.3, -0.25) is 14.4 Å². The maximum absolute atomic E-state index is 12.6. The number of amides is 1. The first-order valence-electron chi connectivity index (χ1n) is 10.6. The van der Waals surface area contributed by atoms with Gasteiger partial charge < -0.3 is 15.0 Å². The average Bonchev–Trinajstić information content (AvgIpc) is 3.49. The number of likely N-dealkylation sites (tertiary alicyclic amines) is 1.